The molecule has 1 aliphatic heterocycles. The molecule has 0 saturated carbocycles. The molecular weight excluding hydrogens is 334 g/mol. The Hall–Kier alpha value is -2.56. The molecule has 1 aromatic heterocycles. The van der Waals surface area contributed by atoms with Gasteiger partial charge in [0, 0.05) is 44.6 Å². The first-order chi connectivity index (χ1) is 13.4. The molecule has 5 nitrogen and oxygen atoms in total. The molecule has 0 bridgehead atoms. The molecule has 2 aromatic rings. The molecule has 4 rings (SSSR count). The molecule has 0 radical (unpaired) electrons. The maximum atomic E-state index is 4.74. The lowest BCUT2D eigenvalue weighted by molar-refractivity contribution is 0.647. The van der Waals surface area contributed by atoms with Crippen LogP contribution in [0.4, 0.5) is 17.5 Å². The van der Waals surface area contributed by atoms with Crippen LogP contribution in [0, 0.1) is 0 Å². The molecule has 0 unspecified atom stereocenters. The van der Waals surface area contributed by atoms with Crippen molar-refractivity contribution in [2.75, 3.05) is 47.8 Å². The standard InChI is InChI=1S/C22H29N5/c1-3-7-19(8-4-1)11-13-23-22-24-14-12-21(25-22)27-17-15-26(16-18-27)20-9-5-2-6-10-20/h2,5-7,9-10,12,14H,1,3-4,8,11,13,15-18H2,(H,23,24,25). The van der Waals surface area contributed by atoms with E-state index in [-0.39, 0.29) is 0 Å². The zero-order valence-corrected chi connectivity index (χ0v) is 16.0. The van der Waals surface area contributed by atoms with Gasteiger partial charge in [0.15, 0.2) is 0 Å². The van der Waals surface area contributed by atoms with E-state index in [9.17, 15) is 0 Å². The van der Waals surface area contributed by atoms with Gasteiger partial charge in [-0.1, -0.05) is 29.8 Å². The molecule has 2 heterocycles. The average molecular weight is 364 g/mol. The molecule has 142 valence electrons. The largest absolute Gasteiger partial charge is 0.368 e. The van der Waals surface area contributed by atoms with E-state index in [1.165, 1.54) is 31.4 Å². The van der Waals surface area contributed by atoms with Crippen molar-refractivity contribution >= 4 is 17.5 Å². The van der Waals surface area contributed by atoms with Crippen molar-refractivity contribution in [3.05, 3.63) is 54.2 Å². The summed E-state index contributed by atoms with van der Waals surface area (Å²) in [6, 6.07) is 12.7. The minimum absolute atomic E-state index is 0.745. The molecule has 0 amide bonds. The second-order valence-electron chi connectivity index (χ2n) is 7.33. The van der Waals surface area contributed by atoms with Crippen LogP contribution in [-0.2, 0) is 0 Å². The zero-order valence-electron chi connectivity index (χ0n) is 16.0. The van der Waals surface area contributed by atoms with Crippen molar-refractivity contribution in [2.24, 2.45) is 0 Å². The molecular formula is C22H29N5. The lowest BCUT2D eigenvalue weighted by Gasteiger charge is -2.36. The highest BCUT2D eigenvalue weighted by Crippen LogP contribution is 2.21. The van der Waals surface area contributed by atoms with Crippen LogP contribution in [-0.4, -0.2) is 42.7 Å². The van der Waals surface area contributed by atoms with Crippen molar-refractivity contribution in [1.29, 1.82) is 0 Å². The summed E-state index contributed by atoms with van der Waals surface area (Å²) in [5, 5.41) is 3.41. The Bertz CT molecular complexity index is 750. The Balaban J connectivity index is 1.29. The van der Waals surface area contributed by atoms with Gasteiger partial charge < -0.3 is 15.1 Å². The van der Waals surface area contributed by atoms with E-state index in [0.717, 1.165) is 50.9 Å². The molecule has 0 atom stereocenters. The van der Waals surface area contributed by atoms with Gasteiger partial charge in [0.1, 0.15) is 5.82 Å². The second-order valence-corrected chi connectivity index (χ2v) is 7.33. The van der Waals surface area contributed by atoms with Crippen molar-refractivity contribution in [2.45, 2.75) is 32.1 Å². The minimum atomic E-state index is 0.745. The Morgan fingerprint density at radius 3 is 2.52 bits per heavy atom. The SMILES string of the molecule is C1=C(CCNc2nccc(N3CCN(c4ccccc4)CC3)n2)CCCC1. The summed E-state index contributed by atoms with van der Waals surface area (Å²) in [5.74, 6) is 1.77. The van der Waals surface area contributed by atoms with E-state index < -0.39 is 0 Å². The predicted octanol–water partition coefficient (Wildman–Crippen LogP) is 4.11. The third-order valence-corrected chi connectivity index (χ3v) is 5.48. The Kier molecular flexibility index (Phi) is 5.87. The van der Waals surface area contributed by atoms with E-state index >= 15 is 0 Å². The minimum Gasteiger partial charge on any atom is -0.368 e. The van der Waals surface area contributed by atoms with Crippen molar-refractivity contribution in [1.82, 2.24) is 9.97 Å². The van der Waals surface area contributed by atoms with Crippen LogP contribution >= 0.6 is 0 Å². The lowest BCUT2D eigenvalue weighted by Crippen LogP contribution is -2.46. The number of hydrogen-bond donors (Lipinski definition) is 1. The smallest absolute Gasteiger partial charge is 0.224 e. The number of piperazine rings is 1. The first-order valence-corrected chi connectivity index (χ1v) is 10.2. The van der Waals surface area contributed by atoms with E-state index in [0.29, 0.717) is 0 Å². The highest BCUT2D eigenvalue weighted by Gasteiger charge is 2.18. The molecule has 1 aromatic carbocycles. The van der Waals surface area contributed by atoms with Crippen LogP contribution in [0.2, 0.25) is 0 Å². The number of nitrogens with one attached hydrogen (secondary N) is 1. The number of rotatable bonds is 6. The van der Waals surface area contributed by atoms with Crippen LogP contribution in [0.1, 0.15) is 32.1 Å². The number of hydrogen-bond acceptors (Lipinski definition) is 5. The molecule has 1 saturated heterocycles. The number of nitrogens with zero attached hydrogens (tertiary/aromatic N) is 4. The summed E-state index contributed by atoms with van der Waals surface area (Å²) in [4.78, 5) is 13.9. The number of para-hydroxylation sites is 1. The van der Waals surface area contributed by atoms with Crippen molar-refractivity contribution in [3.8, 4) is 0 Å². The van der Waals surface area contributed by atoms with Crippen LogP contribution in [0.25, 0.3) is 0 Å². The van der Waals surface area contributed by atoms with Crippen LogP contribution < -0.4 is 15.1 Å². The van der Waals surface area contributed by atoms with E-state index in [1.54, 1.807) is 5.57 Å². The Morgan fingerprint density at radius 2 is 1.74 bits per heavy atom. The van der Waals surface area contributed by atoms with Gasteiger partial charge in [0.05, 0.1) is 0 Å². The molecule has 5 heteroatoms. The summed E-state index contributed by atoms with van der Waals surface area (Å²) in [6.07, 6.45) is 10.6. The van der Waals surface area contributed by atoms with Gasteiger partial charge in [-0.3, -0.25) is 0 Å². The number of aromatic nitrogens is 2. The molecule has 2 aliphatic rings. The second kappa shape index (κ2) is 8.89. The van der Waals surface area contributed by atoms with Gasteiger partial charge in [-0.05, 0) is 50.3 Å². The average Bonchev–Trinajstić information content (AvgIpc) is 2.76. The monoisotopic (exact) mass is 363 g/mol. The summed E-state index contributed by atoms with van der Waals surface area (Å²) in [5.41, 5.74) is 2.89. The molecule has 27 heavy (non-hydrogen) atoms. The lowest BCUT2D eigenvalue weighted by atomic mass is 9.97. The number of allylic oxidation sites excluding steroid dienone is 1. The van der Waals surface area contributed by atoms with Crippen molar-refractivity contribution in [3.63, 3.8) is 0 Å². The topological polar surface area (TPSA) is 44.3 Å². The maximum absolute atomic E-state index is 4.74. The summed E-state index contributed by atoms with van der Waals surface area (Å²) in [7, 11) is 0. The highest BCUT2D eigenvalue weighted by molar-refractivity contribution is 5.50. The van der Waals surface area contributed by atoms with Gasteiger partial charge in [-0.15, -0.1) is 0 Å². The molecule has 1 aliphatic carbocycles. The number of anilines is 3. The fraction of sp³-hybridized carbons (Fsp3) is 0.455. The Labute approximate surface area is 162 Å². The van der Waals surface area contributed by atoms with Gasteiger partial charge in [-0.2, -0.15) is 4.98 Å². The predicted molar refractivity (Wildman–Crippen MR) is 113 cm³/mol. The van der Waals surface area contributed by atoms with Gasteiger partial charge in [0.2, 0.25) is 5.95 Å². The maximum Gasteiger partial charge on any atom is 0.224 e. The third kappa shape index (κ3) is 4.79. The van der Waals surface area contributed by atoms with Gasteiger partial charge >= 0.3 is 0 Å². The quantitative estimate of drug-likeness (QED) is 0.783. The molecule has 1 fully saturated rings. The van der Waals surface area contributed by atoms with Gasteiger partial charge in [-0.25, -0.2) is 4.98 Å². The van der Waals surface area contributed by atoms with E-state index in [2.05, 4.69) is 56.5 Å². The summed E-state index contributed by atoms with van der Waals surface area (Å²) >= 11 is 0. The normalized spacial score (nSPS) is 17.6. The van der Waals surface area contributed by atoms with E-state index in [4.69, 9.17) is 4.98 Å². The highest BCUT2D eigenvalue weighted by atomic mass is 15.3. The van der Waals surface area contributed by atoms with Crippen LogP contribution in [0.5, 0.6) is 0 Å². The zero-order chi connectivity index (χ0) is 18.3. The van der Waals surface area contributed by atoms with Gasteiger partial charge in [0.25, 0.3) is 0 Å². The number of benzene rings is 1. The fourth-order valence-corrected chi connectivity index (χ4v) is 3.91. The molecule has 0 spiro atoms. The third-order valence-electron chi connectivity index (χ3n) is 5.48. The Morgan fingerprint density at radius 1 is 0.926 bits per heavy atom. The molecule has 1 N–H and O–H groups in total. The van der Waals surface area contributed by atoms with E-state index in [1.807, 2.05) is 12.3 Å². The van der Waals surface area contributed by atoms with Crippen LogP contribution in [0.15, 0.2) is 54.2 Å². The summed E-state index contributed by atoms with van der Waals surface area (Å²) in [6.45, 7) is 4.92. The van der Waals surface area contributed by atoms with Crippen LogP contribution in [0.3, 0.4) is 0 Å². The first kappa shape index (κ1) is 17.8. The van der Waals surface area contributed by atoms with Crippen molar-refractivity contribution < 1.29 is 0 Å². The first-order valence-electron chi connectivity index (χ1n) is 10.2. The summed E-state index contributed by atoms with van der Waals surface area (Å²) < 4.78 is 0. The fourth-order valence-electron chi connectivity index (χ4n) is 3.91.